The monoisotopic (exact) mass is 281 g/mol. The van der Waals surface area contributed by atoms with E-state index in [1.807, 2.05) is 0 Å². The van der Waals surface area contributed by atoms with Crippen LogP contribution < -0.4 is 5.32 Å². The second-order valence-corrected chi connectivity index (χ2v) is 5.41. The van der Waals surface area contributed by atoms with Crippen molar-refractivity contribution in [3.63, 3.8) is 0 Å². The van der Waals surface area contributed by atoms with Crippen LogP contribution in [0.3, 0.4) is 0 Å². The van der Waals surface area contributed by atoms with Crippen molar-refractivity contribution in [2.24, 2.45) is 11.8 Å². The molecule has 1 amide bonds. The van der Waals surface area contributed by atoms with Gasteiger partial charge in [0.05, 0.1) is 16.3 Å². The first kappa shape index (κ1) is 13.9. The van der Waals surface area contributed by atoms with Crippen LogP contribution in [0.1, 0.15) is 36.5 Å². The molecule has 0 heterocycles. The lowest BCUT2D eigenvalue weighted by Gasteiger charge is -2.16. The molecule has 0 aliphatic heterocycles. The fraction of sp³-hybridized carbons (Fsp3) is 0.429. The molecule has 0 aromatic heterocycles. The lowest BCUT2D eigenvalue weighted by molar-refractivity contribution is -0.120. The van der Waals surface area contributed by atoms with Gasteiger partial charge in [-0.2, -0.15) is 0 Å². The van der Waals surface area contributed by atoms with Crippen molar-refractivity contribution in [3.8, 4) is 0 Å². The normalized spacial score (nSPS) is 22.2. The highest BCUT2D eigenvalue weighted by Crippen LogP contribution is 2.33. The molecule has 5 heteroatoms. The maximum Gasteiger partial charge on any atom is 0.335 e. The number of benzene rings is 1. The van der Waals surface area contributed by atoms with Crippen LogP contribution >= 0.6 is 11.6 Å². The number of carboxylic acids is 1. The highest BCUT2D eigenvalue weighted by molar-refractivity contribution is 6.34. The number of amides is 1. The van der Waals surface area contributed by atoms with Gasteiger partial charge in [0.2, 0.25) is 5.91 Å². The minimum absolute atomic E-state index is 0.0233. The first-order valence-corrected chi connectivity index (χ1v) is 6.70. The predicted molar refractivity (Wildman–Crippen MR) is 73.5 cm³/mol. The van der Waals surface area contributed by atoms with Crippen LogP contribution in [0.5, 0.6) is 0 Å². The average Bonchev–Trinajstić information content (AvgIpc) is 2.77. The van der Waals surface area contributed by atoms with Crippen molar-refractivity contribution in [2.45, 2.75) is 26.2 Å². The predicted octanol–water partition coefficient (Wildman–Crippen LogP) is 3.41. The van der Waals surface area contributed by atoms with Crippen LogP contribution in [-0.4, -0.2) is 17.0 Å². The van der Waals surface area contributed by atoms with Gasteiger partial charge in [0, 0.05) is 5.92 Å². The molecule has 1 aromatic rings. The summed E-state index contributed by atoms with van der Waals surface area (Å²) in [5.41, 5.74) is 0.577. The van der Waals surface area contributed by atoms with Gasteiger partial charge in [-0.3, -0.25) is 4.79 Å². The summed E-state index contributed by atoms with van der Waals surface area (Å²) in [6.45, 7) is 2.08. The Balaban J connectivity index is 2.11. The van der Waals surface area contributed by atoms with E-state index in [9.17, 15) is 9.59 Å². The highest BCUT2D eigenvalue weighted by Gasteiger charge is 2.29. The van der Waals surface area contributed by atoms with E-state index in [1.54, 1.807) is 0 Å². The van der Waals surface area contributed by atoms with Crippen molar-refractivity contribution in [3.05, 3.63) is 28.8 Å². The van der Waals surface area contributed by atoms with E-state index in [4.69, 9.17) is 16.7 Å². The summed E-state index contributed by atoms with van der Waals surface area (Å²) in [5.74, 6) is -0.661. The number of halogens is 1. The summed E-state index contributed by atoms with van der Waals surface area (Å²) in [4.78, 5) is 22.9. The topological polar surface area (TPSA) is 66.4 Å². The van der Waals surface area contributed by atoms with E-state index in [0.717, 1.165) is 19.3 Å². The molecule has 2 N–H and O–H groups in total. The fourth-order valence-corrected chi connectivity index (χ4v) is 2.74. The van der Waals surface area contributed by atoms with Gasteiger partial charge >= 0.3 is 5.97 Å². The summed E-state index contributed by atoms with van der Waals surface area (Å²) >= 11 is 5.98. The van der Waals surface area contributed by atoms with Crippen LogP contribution in [0.2, 0.25) is 5.02 Å². The number of carbonyl (C=O) groups excluding carboxylic acids is 1. The molecule has 1 saturated carbocycles. The summed E-state index contributed by atoms with van der Waals surface area (Å²) in [6, 6.07) is 4.31. The maximum atomic E-state index is 12.1. The van der Waals surface area contributed by atoms with Crippen LogP contribution in [0.15, 0.2) is 18.2 Å². The number of rotatable bonds is 3. The van der Waals surface area contributed by atoms with Gasteiger partial charge in [-0.1, -0.05) is 24.9 Å². The smallest absolute Gasteiger partial charge is 0.335 e. The Kier molecular flexibility index (Phi) is 4.10. The maximum absolute atomic E-state index is 12.1. The van der Waals surface area contributed by atoms with E-state index in [-0.39, 0.29) is 22.4 Å². The largest absolute Gasteiger partial charge is 0.478 e. The lowest BCUT2D eigenvalue weighted by atomic mass is 9.97. The second-order valence-electron chi connectivity index (χ2n) is 5.00. The van der Waals surface area contributed by atoms with E-state index in [0.29, 0.717) is 11.6 Å². The number of hydrogen-bond acceptors (Lipinski definition) is 2. The van der Waals surface area contributed by atoms with Crippen LogP contribution in [0, 0.1) is 11.8 Å². The Morgan fingerprint density at radius 1 is 1.37 bits per heavy atom. The first-order chi connectivity index (χ1) is 8.99. The summed E-state index contributed by atoms with van der Waals surface area (Å²) in [6.07, 6.45) is 3.05. The molecular formula is C14H16ClNO3. The molecule has 19 heavy (non-hydrogen) atoms. The van der Waals surface area contributed by atoms with Gasteiger partial charge in [-0.15, -0.1) is 0 Å². The van der Waals surface area contributed by atoms with Gasteiger partial charge < -0.3 is 10.4 Å². The number of anilines is 1. The quantitative estimate of drug-likeness (QED) is 0.892. The molecule has 0 radical (unpaired) electrons. The summed E-state index contributed by atoms with van der Waals surface area (Å²) in [5, 5.41) is 11.9. The molecule has 1 aliphatic rings. The fourth-order valence-electron chi connectivity index (χ4n) is 2.51. The van der Waals surface area contributed by atoms with Crippen LogP contribution in [0.4, 0.5) is 5.69 Å². The zero-order chi connectivity index (χ0) is 14.0. The van der Waals surface area contributed by atoms with Crippen molar-refractivity contribution >= 4 is 29.2 Å². The Labute approximate surface area is 116 Å². The van der Waals surface area contributed by atoms with Crippen LogP contribution in [-0.2, 0) is 4.79 Å². The van der Waals surface area contributed by atoms with Crippen LogP contribution in [0.25, 0.3) is 0 Å². The highest BCUT2D eigenvalue weighted by atomic mass is 35.5. The standard InChI is InChI=1S/C14H16ClNO3/c1-8-3-2-4-10(8)13(17)16-12-6-5-9(14(18)19)7-11(12)15/h5-8,10H,2-4H2,1H3,(H,16,17)(H,18,19). The molecule has 2 atom stereocenters. The minimum Gasteiger partial charge on any atom is -0.478 e. The molecule has 0 spiro atoms. The Hall–Kier alpha value is -1.55. The number of hydrogen-bond donors (Lipinski definition) is 2. The zero-order valence-electron chi connectivity index (χ0n) is 10.6. The van der Waals surface area contributed by atoms with Gasteiger partial charge in [0.1, 0.15) is 0 Å². The molecule has 1 aliphatic carbocycles. The van der Waals surface area contributed by atoms with Gasteiger partial charge in [0.25, 0.3) is 0 Å². The van der Waals surface area contributed by atoms with E-state index >= 15 is 0 Å². The van der Waals surface area contributed by atoms with Crippen molar-refractivity contribution in [1.82, 2.24) is 0 Å². The number of carbonyl (C=O) groups is 2. The minimum atomic E-state index is -1.04. The molecule has 2 unspecified atom stereocenters. The third-order valence-electron chi connectivity index (χ3n) is 3.67. The molecule has 2 rings (SSSR count). The molecule has 102 valence electrons. The van der Waals surface area contributed by atoms with E-state index in [1.165, 1.54) is 18.2 Å². The van der Waals surface area contributed by atoms with E-state index < -0.39 is 5.97 Å². The van der Waals surface area contributed by atoms with Gasteiger partial charge in [0.15, 0.2) is 0 Å². The third-order valence-corrected chi connectivity index (χ3v) is 3.98. The average molecular weight is 282 g/mol. The lowest BCUT2D eigenvalue weighted by Crippen LogP contribution is -2.24. The summed E-state index contributed by atoms with van der Waals surface area (Å²) < 4.78 is 0. The Morgan fingerprint density at radius 3 is 2.63 bits per heavy atom. The SMILES string of the molecule is CC1CCCC1C(=O)Nc1ccc(C(=O)O)cc1Cl. The van der Waals surface area contributed by atoms with Gasteiger partial charge in [-0.05, 0) is 37.0 Å². The molecule has 0 bridgehead atoms. The van der Waals surface area contributed by atoms with Crippen molar-refractivity contribution in [1.29, 1.82) is 0 Å². The number of aromatic carboxylic acids is 1. The van der Waals surface area contributed by atoms with E-state index in [2.05, 4.69) is 12.2 Å². The molecule has 4 nitrogen and oxygen atoms in total. The molecule has 0 saturated heterocycles. The zero-order valence-corrected chi connectivity index (χ0v) is 11.4. The first-order valence-electron chi connectivity index (χ1n) is 6.32. The second kappa shape index (κ2) is 5.61. The van der Waals surface area contributed by atoms with Gasteiger partial charge in [-0.25, -0.2) is 4.79 Å². The molecular weight excluding hydrogens is 266 g/mol. The number of nitrogens with one attached hydrogen (secondary N) is 1. The Bertz CT molecular complexity index is 515. The van der Waals surface area contributed by atoms with Crippen molar-refractivity contribution in [2.75, 3.05) is 5.32 Å². The Morgan fingerprint density at radius 2 is 2.11 bits per heavy atom. The molecule has 1 fully saturated rings. The number of carboxylic acid groups (broad SMARTS) is 1. The third kappa shape index (κ3) is 3.07. The molecule has 1 aromatic carbocycles. The summed E-state index contributed by atoms with van der Waals surface area (Å²) in [7, 11) is 0. The van der Waals surface area contributed by atoms with Crippen molar-refractivity contribution < 1.29 is 14.7 Å².